The molecule has 0 aromatic heterocycles. The first-order valence-corrected chi connectivity index (χ1v) is 6.85. The maximum absolute atomic E-state index is 11.1. The van der Waals surface area contributed by atoms with Crippen molar-refractivity contribution < 1.29 is 8.42 Å². The van der Waals surface area contributed by atoms with E-state index in [0.717, 1.165) is 18.2 Å². The highest BCUT2D eigenvalue weighted by molar-refractivity contribution is 9.09. The van der Waals surface area contributed by atoms with Crippen LogP contribution in [0.1, 0.15) is 26.7 Å². The zero-order chi connectivity index (χ0) is 9.61. The molecule has 0 amide bonds. The summed E-state index contributed by atoms with van der Waals surface area (Å²) in [6.07, 6.45) is 1.87. The van der Waals surface area contributed by atoms with Gasteiger partial charge in [-0.1, -0.05) is 15.9 Å². The van der Waals surface area contributed by atoms with Gasteiger partial charge in [0.2, 0.25) is 10.0 Å². The minimum Gasteiger partial charge on any atom is -0.212 e. The van der Waals surface area contributed by atoms with E-state index in [9.17, 15) is 8.42 Å². The molecule has 1 atom stereocenters. The lowest BCUT2D eigenvalue weighted by molar-refractivity contribution is 0.546. The molecule has 0 aromatic carbocycles. The van der Waals surface area contributed by atoms with Crippen LogP contribution >= 0.6 is 15.9 Å². The fraction of sp³-hybridized carbons (Fsp3) is 1.00. The Balaban J connectivity index is 3.76. The molecule has 0 bridgehead atoms. The van der Waals surface area contributed by atoms with Crippen LogP contribution in [-0.4, -0.2) is 25.5 Å². The smallest absolute Gasteiger partial charge is 0.211 e. The van der Waals surface area contributed by atoms with Crippen LogP contribution in [0.2, 0.25) is 0 Å². The predicted octanol–water partition coefficient (Wildman–Crippen LogP) is 1.49. The summed E-state index contributed by atoms with van der Waals surface area (Å²) in [5, 5.41) is 0.922. The first-order chi connectivity index (χ1) is 5.52. The van der Waals surface area contributed by atoms with Crippen molar-refractivity contribution >= 4 is 26.0 Å². The molecule has 0 aliphatic rings. The monoisotopic (exact) mass is 257 g/mol. The largest absolute Gasteiger partial charge is 0.212 e. The summed E-state index contributed by atoms with van der Waals surface area (Å²) in [7, 11) is -3.01. The number of hydrogen-bond donors (Lipinski definition) is 1. The van der Waals surface area contributed by atoms with Crippen LogP contribution in [0.3, 0.4) is 0 Å². The topological polar surface area (TPSA) is 46.2 Å². The van der Waals surface area contributed by atoms with Crippen molar-refractivity contribution in [1.82, 2.24) is 4.72 Å². The van der Waals surface area contributed by atoms with Gasteiger partial charge in [-0.3, -0.25) is 0 Å². The van der Waals surface area contributed by atoms with Crippen molar-refractivity contribution in [1.29, 1.82) is 0 Å². The van der Waals surface area contributed by atoms with E-state index in [4.69, 9.17) is 0 Å². The number of hydrogen-bond acceptors (Lipinski definition) is 2. The van der Waals surface area contributed by atoms with Crippen LogP contribution in [0.4, 0.5) is 0 Å². The van der Waals surface area contributed by atoms with Gasteiger partial charge in [-0.2, -0.15) is 0 Å². The number of nitrogens with one attached hydrogen (secondary N) is 1. The van der Waals surface area contributed by atoms with Crippen molar-refractivity contribution in [2.24, 2.45) is 0 Å². The molecule has 3 nitrogen and oxygen atoms in total. The Morgan fingerprint density at radius 1 is 1.50 bits per heavy atom. The lowest BCUT2D eigenvalue weighted by atomic mass is 10.2. The molecular formula is C7H16BrNO2S. The summed E-state index contributed by atoms with van der Waals surface area (Å²) < 4.78 is 24.7. The van der Waals surface area contributed by atoms with Gasteiger partial charge in [-0.05, 0) is 26.7 Å². The normalized spacial score (nSPS) is 14.6. The Kier molecular flexibility index (Phi) is 6.13. The third-order valence-corrected chi connectivity index (χ3v) is 3.61. The molecule has 0 aliphatic heterocycles. The summed E-state index contributed by atoms with van der Waals surface area (Å²) >= 11 is 3.30. The highest BCUT2D eigenvalue weighted by Crippen LogP contribution is 2.00. The molecule has 0 saturated heterocycles. The van der Waals surface area contributed by atoms with Gasteiger partial charge in [0.15, 0.2) is 0 Å². The summed E-state index contributed by atoms with van der Waals surface area (Å²) in [6.45, 7) is 3.52. The zero-order valence-electron chi connectivity index (χ0n) is 7.51. The van der Waals surface area contributed by atoms with Crippen molar-refractivity contribution in [3.05, 3.63) is 0 Å². The van der Waals surface area contributed by atoms with E-state index in [0.29, 0.717) is 0 Å². The molecule has 0 aromatic rings. The van der Waals surface area contributed by atoms with Crippen molar-refractivity contribution in [3.8, 4) is 0 Å². The highest BCUT2D eigenvalue weighted by atomic mass is 79.9. The SMILES string of the molecule is CCS(=O)(=O)NC(C)CCCBr. The van der Waals surface area contributed by atoms with Crippen LogP contribution in [0, 0.1) is 0 Å². The molecule has 5 heteroatoms. The maximum Gasteiger partial charge on any atom is 0.211 e. The van der Waals surface area contributed by atoms with Gasteiger partial charge in [0.1, 0.15) is 0 Å². The first-order valence-electron chi connectivity index (χ1n) is 4.07. The number of sulfonamides is 1. The van der Waals surface area contributed by atoms with Crippen molar-refractivity contribution in [3.63, 3.8) is 0 Å². The van der Waals surface area contributed by atoms with Crippen molar-refractivity contribution in [2.45, 2.75) is 32.7 Å². The van der Waals surface area contributed by atoms with Gasteiger partial charge in [-0.25, -0.2) is 13.1 Å². The fourth-order valence-electron chi connectivity index (χ4n) is 0.832. The van der Waals surface area contributed by atoms with Crippen LogP contribution in [0.15, 0.2) is 0 Å². The molecule has 0 saturated carbocycles. The van der Waals surface area contributed by atoms with Crippen LogP contribution in [-0.2, 0) is 10.0 Å². The average molecular weight is 258 g/mol. The van der Waals surface area contributed by atoms with Gasteiger partial charge < -0.3 is 0 Å². The molecule has 1 N–H and O–H groups in total. The molecule has 74 valence electrons. The zero-order valence-corrected chi connectivity index (χ0v) is 9.91. The molecule has 12 heavy (non-hydrogen) atoms. The lowest BCUT2D eigenvalue weighted by Gasteiger charge is -2.11. The molecule has 0 spiro atoms. The number of alkyl halides is 1. The van der Waals surface area contributed by atoms with Crippen LogP contribution in [0.5, 0.6) is 0 Å². The Labute approximate surface area is 83.1 Å². The standard InChI is InChI=1S/C7H16BrNO2S/c1-3-12(10,11)9-7(2)5-4-6-8/h7,9H,3-6H2,1-2H3. The maximum atomic E-state index is 11.1. The van der Waals surface area contributed by atoms with Crippen molar-refractivity contribution in [2.75, 3.05) is 11.1 Å². The Morgan fingerprint density at radius 2 is 2.08 bits per heavy atom. The quantitative estimate of drug-likeness (QED) is 0.734. The molecular weight excluding hydrogens is 242 g/mol. The lowest BCUT2D eigenvalue weighted by Crippen LogP contribution is -2.33. The number of rotatable bonds is 6. The minimum atomic E-state index is -3.01. The van der Waals surface area contributed by atoms with E-state index in [1.54, 1.807) is 6.92 Å². The van der Waals surface area contributed by atoms with Crippen LogP contribution in [0.25, 0.3) is 0 Å². The highest BCUT2D eigenvalue weighted by Gasteiger charge is 2.10. The van der Waals surface area contributed by atoms with Gasteiger partial charge in [0.05, 0.1) is 5.75 Å². The van der Waals surface area contributed by atoms with E-state index in [2.05, 4.69) is 20.7 Å². The van der Waals surface area contributed by atoms with E-state index in [1.165, 1.54) is 0 Å². The van der Waals surface area contributed by atoms with Gasteiger partial charge >= 0.3 is 0 Å². The Hall–Kier alpha value is 0.390. The van der Waals surface area contributed by atoms with E-state index in [-0.39, 0.29) is 11.8 Å². The van der Waals surface area contributed by atoms with Gasteiger partial charge in [-0.15, -0.1) is 0 Å². The molecule has 1 unspecified atom stereocenters. The summed E-state index contributed by atoms with van der Waals surface area (Å²) in [5.74, 6) is 0.158. The van der Waals surface area contributed by atoms with Gasteiger partial charge in [0, 0.05) is 11.4 Å². The molecule has 0 aliphatic carbocycles. The second kappa shape index (κ2) is 5.94. The summed E-state index contributed by atoms with van der Waals surface area (Å²) in [5.41, 5.74) is 0. The molecule has 0 heterocycles. The fourth-order valence-corrected chi connectivity index (χ4v) is 2.05. The summed E-state index contributed by atoms with van der Waals surface area (Å²) in [6, 6.07) is 0.0486. The third-order valence-electron chi connectivity index (χ3n) is 1.53. The second-order valence-corrected chi connectivity index (χ2v) is 5.59. The number of halogens is 1. The molecule has 0 radical (unpaired) electrons. The molecule has 0 rings (SSSR count). The van der Waals surface area contributed by atoms with Gasteiger partial charge in [0.25, 0.3) is 0 Å². The van der Waals surface area contributed by atoms with E-state index >= 15 is 0 Å². The average Bonchev–Trinajstić information content (AvgIpc) is 2.00. The van der Waals surface area contributed by atoms with Crippen LogP contribution < -0.4 is 4.72 Å². The Bertz CT molecular complexity index is 203. The third kappa shape index (κ3) is 5.97. The Morgan fingerprint density at radius 3 is 2.50 bits per heavy atom. The summed E-state index contributed by atoms with van der Waals surface area (Å²) in [4.78, 5) is 0. The molecule has 0 fully saturated rings. The van der Waals surface area contributed by atoms with E-state index < -0.39 is 10.0 Å². The first kappa shape index (κ1) is 12.4. The van der Waals surface area contributed by atoms with E-state index in [1.807, 2.05) is 6.92 Å². The predicted molar refractivity (Wildman–Crippen MR) is 55.1 cm³/mol. The minimum absolute atomic E-state index is 0.0486. The second-order valence-electron chi connectivity index (χ2n) is 2.75.